The molecule has 1 nitrogen and oxygen atoms in total. The van der Waals surface area contributed by atoms with E-state index in [0.29, 0.717) is 0 Å². The summed E-state index contributed by atoms with van der Waals surface area (Å²) in [6.07, 6.45) is 5.30. The van der Waals surface area contributed by atoms with Gasteiger partial charge in [0, 0.05) is 0 Å². The minimum absolute atomic E-state index is 0.767. The van der Waals surface area contributed by atoms with E-state index in [-0.39, 0.29) is 0 Å². The second kappa shape index (κ2) is 4.16. The molecule has 0 radical (unpaired) electrons. The molecule has 0 aliphatic heterocycles. The van der Waals surface area contributed by atoms with Crippen molar-refractivity contribution in [3.05, 3.63) is 65.3 Å². The first kappa shape index (κ1) is 10.8. The van der Waals surface area contributed by atoms with E-state index < -0.39 is 0 Å². The third-order valence-electron chi connectivity index (χ3n) is 3.40. The molecule has 0 atom stereocenters. The Kier molecular flexibility index (Phi) is 2.50. The van der Waals surface area contributed by atoms with Crippen molar-refractivity contribution in [2.24, 2.45) is 0 Å². The van der Waals surface area contributed by atoms with Crippen molar-refractivity contribution in [2.45, 2.75) is 13.3 Å². The first-order chi connectivity index (χ1) is 8.78. The second-order valence-corrected chi connectivity index (χ2v) is 4.68. The van der Waals surface area contributed by atoms with Gasteiger partial charge in [-0.3, -0.25) is 0 Å². The lowest BCUT2D eigenvalue weighted by molar-refractivity contribution is 1.40. The standard InChI is InChI=1S/C17H13N/c1-12-6-7-15(8-12)17-10-14-5-3-2-4-13(14)9-16(17)11-18/h2-6,8-10H,7H2,1H3. The summed E-state index contributed by atoms with van der Waals surface area (Å²) >= 11 is 0. The largest absolute Gasteiger partial charge is 0.192 e. The van der Waals surface area contributed by atoms with Crippen molar-refractivity contribution in [1.29, 1.82) is 5.26 Å². The Balaban J connectivity index is 2.23. The van der Waals surface area contributed by atoms with E-state index in [9.17, 15) is 5.26 Å². The predicted molar refractivity (Wildman–Crippen MR) is 75.0 cm³/mol. The molecule has 0 saturated carbocycles. The molecule has 2 aromatic carbocycles. The Bertz CT molecular complexity index is 727. The second-order valence-electron chi connectivity index (χ2n) is 4.68. The maximum absolute atomic E-state index is 9.31. The molecule has 0 spiro atoms. The summed E-state index contributed by atoms with van der Waals surface area (Å²) in [5.41, 5.74) is 4.37. The van der Waals surface area contributed by atoms with Gasteiger partial charge < -0.3 is 0 Å². The molecule has 2 aromatic rings. The minimum atomic E-state index is 0.767. The minimum Gasteiger partial charge on any atom is -0.192 e. The average Bonchev–Trinajstić information content (AvgIpc) is 2.83. The molecular formula is C17H13N. The first-order valence-electron chi connectivity index (χ1n) is 6.08. The average molecular weight is 231 g/mol. The summed E-state index contributed by atoms with van der Waals surface area (Å²) in [6.45, 7) is 2.10. The summed E-state index contributed by atoms with van der Waals surface area (Å²) in [5, 5.41) is 11.6. The Hall–Kier alpha value is -2.33. The van der Waals surface area contributed by atoms with Crippen LogP contribution in [0.1, 0.15) is 24.5 Å². The summed E-state index contributed by atoms with van der Waals surface area (Å²) in [6, 6.07) is 14.6. The number of fused-ring (bicyclic) bond motifs is 1. The summed E-state index contributed by atoms with van der Waals surface area (Å²) in [4.78, 5) is 0. The van der Waals surface area contributed by atoms with Crippen LogP contribution in [0.2, 0.25) is 0 Å². The van der Waals surface area contributed by atoms with Gasteiger partial charge in [-0.05, 0) is 47.4 Å². The first-order valence-corrected chi connectivity index (χ1v) is 6.08. The van der Waals surface area contributed by atoms with Crippen LogP contribution in [0.25, 0.3) is 16.3 Å². The van der Waals surface area contributed by atoms with Crippen LogP contribution in [0.4, 0.5) is 0 Å². The van der Waals surface area contributed by atoms with Gasteiger partial charge in [-0.15, -0.1) is 0 Å². The number of hydrogen-bond acceptors (Lipinski definition) is 1. The predicted octanol–water partition coefficient (Wildman–Crippen LogP) is 4.44. The van der Waals surface area contributed by atoms with Crippen molar-refractivity contribution in [2.75, 3.05) is 0 Å². The summed E-state index contributed by atoms with van der Waals surface area (Å²) in [7, 11) is 0. The maximum atomic E-state index is 9.31. The molecule has 1 aliphatic rings. The number of nitrogens with zero attached hydrogens (tertiary/aromatic N) is 1. The molecule has 0 saturated heterocycles. The summed E-state index contributed by atoms with van der Waals surface area (Å²) in [5.74, 6) is 0. The zero-order valence-corrected chi connectivity index (χ0v) is 10.3. The monoisotopic (exact) mass is 231 g/mol. The highest BCUT2D eigenvalue weighted by Crippen LogP contribution is 2.31. The lowest BCUT2D eigenvalue weighted by Crippen LogP contribution is -1.89. The van der Waals surface area contributed by atoms with Crippen molar-refractivity contribution in [3.63, 3.8) is 0 Å². The number of hydrogen-bond donors (Lipinski definition) is 0. The highest BCUT2D eigenvalue weighted by molar-refractivity contribution is 5.90. The zero-order chi connectivity index (χ0) is 12.5. The van der Waals surface area contributed by atoms with Gasteiger partial charge in [0.1, 0.15) is 0 Å². The lowest BCUT2D eigenvalue weighted by Gasteiger charge is -2.07. The normalized spacial score (nSPS) is 14.2. The van der Waals surface area contributed by atoms with Gasteiger partial charge in [0.25, 0.3) is 0 Å². The molecule has 0 aromatic heterocycles. The van der Waals surface area contributed by atoms with Crippen LogP contribution < -0.4 is 0 Å². The van der Waals surface area contributed by atoms with Gasteiger partial charge in [-0.2, -0.15) is 5.26 Å². The molecule has 0 N–H and O–H groups in total. The van der Waals surface area contributed by atoms with Crippen molar-refractivity contribution >= 4 is 16.3 Å². The molecule has 0 fully saturated rings. The molecule has 0 heterocycles. The molecule has 1 aliphatic carbocycles. The van der Waals surface area contributed by atoms with Crippen LogP contribution in [0.5, 0.6) is 0 Å². The van der Waals surface area contributed by atoms with E-state index in [0.717, 1.165) is 22.9 Å². The Morgan fingerprint density at radius 1 is 1.11 bits per heavy atom. The highest BCUT2D eigenvalue weighted by Gasteiger charge is 2.11. The van der Waals surface area contributed by atoms with Crippen LogP contribution in [0.3, 0.4) is 0 Å². The fourth-order valence-electron chi connectivity index (χ4n) is 2.45. The lowest BCUT2D eigenvalue weighted by atomic mass is 9.95. The number of rotatable bonds is 1. The van der Waals surface area contributed by atoms with E-state index in [1.807, 2.05) is 24.3 Å². The smallest absolute Gasteiger partial charge is 0.0998 e. The zero-order valence-electron chi connectivity index (χ0n) is 10.3. The van der Waals surface area contributed by atoms with E-state index in [4.69, 9.17) is 0 Å². The Morgan fingerprint density at radius 3 is 2.44 bits per heavy atom. The fraction of sp³-hybridized carbons (Fsp3) is 0.118. The van der Waals surface area contributed by atoms with Gasteiger partial charge in [0.2, 0.25) is 0 Å². The van der Waals surface area contributed by atoms with Crippen molar-refractivity contribution < 1.29 is 0 Å². The third kappa shape index (κ3) is 1.72. The molecule has 86 valence electrons. The van der Waals surface area contributed by atoms with Crippen molar-refractivity contribution in [1.82, 2.24) is 0 Å². The van der Waals surface area contributed by atoms with Gasteiger partial charge in [-0.1, -0.05) is 42.0 Å². The van der Waals surface area contributed by atoms with Crippen LogP contribution in [0.15, 0.2) is 54.1 Å². The Labute approximate surface area is 107 Å². The van der Waals surface area contributed by atoms with E-state index in [2.05, 4.69) is 37.3 Å². The Morgan fingerprint density at radius 2 is 1.83 bits per heavy atom. The third-order valence-corrected chi connectivity index (χ3v) is 3.40. The topological polar surface area (TPSA) is 23.8 Å². The van der Waals surface area contributed by atoms with E-state index >= 15 is 0 Å². The van der Waals surface area contributed by atoms with Gasteiger partial charge in [0.05, 0.1) is 11.6 Å². The maximum Gasteiger partial charge on any atom is 0.0998 e. The van der Waals surface area contributed by atoms with Crippen molar-refractivity contribution in [3.8, 4) is 6.07 Å². The summed E-state index contributed by atoms with van der Waals surface area (Å²) < 4.78 is 0. The molecular weight excluding hydrogens is 218 g/mol. The van der Waals surface area contributed by atoms with E-state index in [1.165, 1.54) is 16.5 Å². The SMILES string of the molecule is CC1=CCC(c2cc3ccccc3cc2C#N)=C1. The van der Waals surface area contributed by atoms with E-state index in [1.54, 1.807) is 0 Å². The molecule has 0 bridgehead atoms. The molecule has 1 heteroatoms. The molecule has 18 heavy (non-hydrogen) atoms. The number of allylic oxidation sites excluding steroid dienone is 4. The molecule has 3 rings (SSSR count). The number of nitriles is 1. The van der Waals surface area contributed by atoms with Gasteiger partial charge >= 0.3 is 0 Å². The van der Waals surface area contributed by atoms with Gasteiger partial charge in [0.15, 0.2) is 0 Å². The van der Waals surface area contributed by atoms with Crippen LogP contribution >= 0.6 is 0 Å². The highest BCUT2D eigenvalue weighted by atomic mass is 14.3. The fourth-order valence-corrected chi connectivity index (χ4v) is 2.45. The molecule has 0 unspecified atom stereocenters. The van der Waals surface area contributed by atoms with Crippen LogP contribution in [-0.4, -0.2) is 0 Å². The van der Waals surface area contributed by atoms with Gasteiger partial charge in [-0.25, -0.2) is 0 Å². The number of benzene rings is 2. The molecule has 0 amide bonds. The van der Waals surface area contributed by atoms with Crippen LogP contribution in [-0.2, 0) is 0 Å². The quantitative estimate of drug-likeness (QED) is 0.711. The van der Waals surface area contributed by atoms with Crippen LogP contribution in [0, 0.1) is 11.3 Å².